The van der Waals surface area contributed by atoms with E-state index in [2.05, 4.69) is 25.6 Å². The fourth-order valence-electron chi connectivity index (χ4n) is 3.11. The van der Waals surface area contributed by atoms with E-state index < -0.39 is 0 Å². The van der Waals surface area contributed by atoms with E-state index in [4.69, 9.17) is 4.74 Å². The third-order valence-corrected chi connectivity index (χ3v) is 4.39. The molecule has 1 aromatic carbocycles. The van der Waals surface area contributed by atoms with Crippen LogP contribution in [0.5, 0.6) is 5.75 Å². The Morgan fingerprint density at radius 3 is 2.90 bits per heavy atom. The van der Waals surface area contributed by atoms with Crippen molar-refractivity contribution < 1.29 is 13.9 Å². The number of aromatic nitrogens is 3. The second kappa shape index (κ2) is 7.86. The Morgan fingerprint density at radius 2 is 2.10 bits per heavy atom. The van der Waals surface area contributed by atoms with Gasteiger partial charge in [-0.05, 0) is 38.1 Å². The van der Waals surface area contributed by atoms with Crippen LogP contribution in [-0.2, 0) is 4.79 Å². The zero-order valence-electron chi connectivity index (χ0n) is 16.1. The Kier molecular flexibility index (Phi) is 5.11. The number of nitrogens with zero attached hydrogens (tertiary/aromatic N) is 4. The van der Waals surface area contributed by atoms with Gasteiger partial charge in [-0.1, -0.05) is 0 Å². The SMILES string of the molecule is CC(C)Oc1cc(F)ccc1Nc1ncnc2ccc(N3CCNC(=O)C3)nc12. The molecule has 0 atom stereocenters. The lowest BCUT2D eigenvalue weighted by Gasteiger charge is -2.27. The van der Waals surface area contributed by atoms with Crippen molar-refractivity contribution in [2.45, 2.75) is 20.0 Å². The van der Waals surface area contributed by atoms with Crippen molar-refractivity contribution in [1.82, 2.24) is 20.3 Å². The molecular weight excluding hydrogens is 375 g/mol. The minimum Gasteiger partial charge on any atom is -0.489 e. The number of pyridine rings is 1. The van der Waals surface area contributed by atoms with Gasteiger partial charge in [-0.3, -0.25) is 4.79 Å². The first kappa shape index (κ1) is 18.9. The average molecular weight is 396 g/mol. The molecule has 1 saturated heterocycles. The van der Waals surface area contributed by atoms with Gasteiger partial charge in [0.2, 0.25) is 5.91 Å². The van der Waals surface area contributed by atoms with Crippen molar-refractivity contribution >= 4 is 34.3 Å². The molecule has 8 nitrogen and oxygen atoms in total. The summed E-state index contributed by atoms with van der Waals surface area (Å²) in [7, 11) is 0. The second-order valence-electron chi connectivity index (χ2n) is 6.96. The van der Waals surface area contributed by atoms with Gasteiger partial charge in [0.05, 0.1) is 23.9 Å². The van der Waals surface area contributed by atoms with Crippen LogP contribution in [0.25, 0.3) is 11.0 Å². The lowest BCUT2D eigenvalue weighted by Crippen LogP contribution is -2.48. The fraction of sp³-hybridized carbons (Fsp3) is 0.300. The number of halogens is 1. The predicted octanol–water partition coefficient (Wildman–Crippen LogP) is 2.63. The summed E-state index contributed by atoms with van der Waals surface area (Å²) < 4.78 is 19.4. The number of ether oxygens (including phenoxy) is 1. The summed E-state index contributed by atoms with van der Waals surface area (Å²) in [5, 5.41) is 5.98. The number of hydrogen-bond acceptors (Lipinski definition) is 7. The monoisotopic (exact) mass is 396 g/mol. The smallest absolute Gasteiger partial charge is 0.239 e. The summed E-state index contributed by atoms with van der Waals surface area (Å²) in [5.74, 6) is 1.10. The summed E-state index contributed by atoms with van der Waals surface area (Å²) in [6, 6.07) is 7.96. The highest BCUT2D eigenvalue weighted by Crippen LogP contribution is 2.31. The van der Waals surface area contributed by atoms with Gasteiger partial charge in [-0.15, -0.1) is 0 Å². The maximum atomic E-state index is 13.7. The minimum atomic E-state index is -0.387. The molecule has 150 valence electrons. The lowest BCUT2D eigenvalue weighted by molar-refractivity contribution is -0.120. The van der Waals surface area contributed by atoms with Gasteiger partial charge >= 0.3 is 0 Å². The number of hydrogen-bond donors (Lipinski definition) is 2. The van der Waals surface area contributed by atoms with Crippen molar-refractivity contribution in [2.24, 2.45) is 0 Å². The number of fused-ring (bicyclic) bond motifs is 1. The highest BCUT2D eigenvalue weighted by molar-refractivity contribution is 5.89. The van der Waals surface area contributed by atoms with Gasteiger partial charge in [-0.2, -0.15) is 0 Å². The summed E-state index contributed by atoms with van der Waals surface area (Å²) >= 11 is 0. The maximum Gasteiger partial charge on any atom is 0.239 e. The third kappa shape index (κ3) is 4.18. The number of benzene rings is 1. The molecule has 0 aliphatic carbocycles. The molecule has 0 spiro atoms. The molecule has 1 amide bonds. The topological polar surface area (TPSA) is 92.3 Å². The van der Waals surface area contributed by atoms with Gasteiger partial charge in [-0.25, -0.2) is 19.3 Å². The Labute approximate surface area is 167 Å². The molecular formula is C20H21FN6O2. The molecule has 1 aliphatic heterocycles. The van der Waals surface area contributed by atoms with E-state index in [1.54, 1.807) is 6.07 Å². The van der Waals surface area contributed by atoms with Gasteiger partial charge in [0.25, 0.3) is 0 Å². The zero-order chi connectivity index (χ0) is 20.4. The van der Waals surface area contributed by atoms with Crippen LogP contribution in [-0.4, -0.2) is 46.6 Å². The number of amides is 1. The summed E-state index contributed by atoms with van der Waals surface area (Å²) in [4.78, 5) is 26.9. The first-order valence-corrected chi connectivity index (χ1v) is 9.36. The third-order valence-electron chi connectivity index (χ3n) is 4.39. The first-order valence-electron chi connectivity index (χ1n) is 9.36. The van der Waals surface area contributed by atoms with Crippen molar-refractivity contribution in [3.63, 3.8) is 0 Å². The molecule has 2 N–H and O–H groups in total. The van der Waals surface area contributed by atoms with Crippen molar-refractivity contribution in [3.05, 3.63) is 42.5 Å². The molecule has 1 fully saturated rings. The molecule has 2 aromatic heterocycles. The standard InChI is InChI=1S/C20H21FN6O2/c1-12(2)29-16-9-13(21)3-4-14(16)25-20-19-15(23-11-24-20)5-6-17(26-19)27-8-7-22-18(28)10-27/h3-6,9,11-12H,7-8,10H2,1-2H3,(H,22,28)(H,23,24,25). The van der Waals surface area contributed by atoms with E-state index in [-0.39, 0.29) is 24.4 Å². The molecule has 3 aromatic rings. The van der Waals surface area contributed by atoms with E-state index >= 15 is 0 Å². The Hall–Kier alpha value is -3.49. The maximum absolute atomic E-state index is 13.7. The molecule has 4 rings (SSSR count). The van der Waals surface area contributed by atoms with Crippen molar-refractivity contribution in [3.8, 4) is 5.75 Å². The van der Waals surface area contributed by atoms with E-state index in [9.17, 15) is 9.18 Å². The fourth-order valence-corrected chi connectivity index (χ4v) is 3.11. The van der Waals surface area contributed by atoms with E-state index in [1.165, 1.54) is 18.5 Å². The number of nitrogens with one attached hydrogen (secondary N) is 2. The molecule has 0 saturated carbocycles. The van der Waals surface area contributed by atoms with Crippen LogP contribution >= 0.6 is 0 Å². The Morgan fingerprint density at radius 1 is 1.24 bits per heavy atom. The summed E-state index contributed by atoms with van der Waals surface area (Å²) in [6.45, 7) is 5.24. The summed E-state index contributed by atoms with van der Waals surface area (Å²) in [6.07, 6.45) is 1.32. The number of piperazine rings is 1. The quantitative estimate of drug-likeness (QED) is 0.685. The lowest BCUT2D eigenvalue weighted by atomic mass is 10.2. The predicted molar refractivity (Wildman–Crippen MR) is 108 cm³/mol. The number of carbonyl (C=O) groups is 1. The number of anilines is 3. The molecule has 29 heavy (non-hydrogen) atoms. The summed E-state index contributed by atoms with van der Waals surface area (Å²) in [5.41, 5.74) is 1.78. The second-order valence-corrected chi connectivity index (χ2v) is 6.96. The average Bonchev–Trinajstić information content (AvgIpc) is 2.69. The van der Waals surface area contributed by atoms with Crippen LogP contribution in [0.2, 0.25) is 0 Å². The Balaban J connectivity index is 1.71. The van der Waals surface area contributed by atoms with Crippen LogP contribution in [0.3, 0.4) is 0 Å². The molecule has 0 bridgehead atoms. The highest BCUT2D eigenvalue weighted by atomic mass is 19.1. The van der Waals surface area contributed by atoms with E-state index in [0.717, 1.165) is 0 Å². The van der Waals surface area contributed by atoms with Gasteiger partial charge in [0, 0.05) is 19.2 Å². The normalized spacial score (nSPS) is 14.2. The van der Waals surface area contributed by atoms with Crippen LogP contribution < -0.4 is 20.3 Å². The largest absolute Gasteiger partial charge is 0.489 e. The molecule has 0 radical (unpaired) electrons. The van der Waals surface area contributed by atoms with Crippen LogP contribution in [0.15, 0.2) is 36.7 Å². The van der Waals surface area contributed by atoms with Crippen molar-refractivity contribution in [1.29, 1.82) is 0 Å². The highest BCUT2D eigenvalue weighted by Gasteiger charge is 2.19. The van der Waals surface area contributed by atoms with Crippen LogP contribution in [0.4, 0.5) is 21.7 Å². The minimum absolute atomic E-state index is 0.0393. The van der Waals surface area contributed by atoms with E-state index in [0.29, 0.717) is 47.2 Å². The first-order chi connectivity index (χ1) is 14.0. The van der Waals surface area contributed by atoms with Gasteiger partial charge in [0.15, 0.2) is 5.82 Å². The number of rotatable bonds is 5. The Bertz CT molecular complexity index is 1060. The number of carbonyl (C=O) groups excluding carboxylic acids is 1. The molecule has 1 aliphatic rings. The van der Waals surface area contributed by atoms with Crippen molar-refractivity contribution in [2.75, 3.05) is 29.9 Å². The zero-order valence-corrected chi connectivity index (χ0v) is 16.1. The molecule has 3 heterocycles. The van der Waals surface area contributed by atoms with Gasteiger partial charge < -0.3 is 20.3 Å². The van der Waals surface area contributed by atoms with Crippen LogP contribution in [0.1, 0.15) is 13.8 Å². The molecule has 0 unspecified atom stereocenters. The molecule has 9 heteroatoms. The van der Waals surface area contributed by atoms with Crippen LogP contribution in [0, 0.1) is 5.82 Å². The van der Waals surface area contributed by atoms with Gasteiger partial charge in [0.1, 0.15) is 29.2 Å². The van der Waals surface area contributed by atoms with E-state index in [1.807, 2.05) is 30.9 Å².